The Morgan fingerprint density at radius 2 is 1.81 bits per heavy atom. The molecular weight excluding hydrogens is 374 g/mol. The van der Waals surface area contributed by atoms with Gasteiger partial charge < -0.3 is 14.8 Å². The van der Waals surface area contributed by atoms with Crippen molar-refractivity contribution in [2.24, 2.45) is 0 Å². The molecule has 2 aromatic rings. The minimum Gasteiger partial charge on any atom is -0.493 e. The fraction of sp³-hybridized carbons (Fsp3) is 0.333. The molecule has 0 saturated heterocycles. The molecule has 1 aromatic heterocycles. The summed E-state index contributed by atoms with van der Waals surface area (Å²) in [6.07, 6.45) is 0. The Labute approximate surface area is 142 Å². The molecule has 0 spiro atoms. The molecule has 114 valence electrons. The first kappa shape index (κ1) is 16.6. The van der Waals surface area contributed by atoms with Gasteiger partial charge in [0.05, 0.1) is 24.0 Å². The summed E-state index contributed by atoms with van der Waals surface area (Å²) in [5, 5.41) is 3.96. The summed E-state index contributed by atoms with van der Waals surface area (Å²) < 4.78 is 11.8. The Morgan fingerprint density at radius 3 is 2.29 bits per heavy atom. The Bertz CT molecular complexity index is 625. The van der Waals surface area contributed by atoms with Gasteiger partial charge in [0, 0.05) is 16.0 Å². The standard InChI is InChI=1S/C15H17BrClNO2S/c1-8-5-13(21-15(8)16)14(18-2)9-6-11(19-3)12(20-4)7-10(9)17/h5-7,14,18H,1-4H3. The summed E-state index contributed by atoms with van der Waals surface area (Å²) >= 11 is 11.7. The van der Waals surface area contributed by atoms with E-state index in [9.17, 15) is 0 Å². The number of hydrogen-bond donors (Lipinski definition) is 1. The van der Waals surface area contributed by atoms with Crippen LogP contribution in [0.3, 0.4) is 0 Å². The maximum absolute atomic E-state index is 6.42. The fourth-order valence-electron chi connectivity index (χ4n) is 2.17. The van der Waals surface area contributed by atoms with Crippen LogP contribution in [-0.4, -0.2) is 21.3 Å². The number of hydrogen-bond acceptors (Lipinski definition) is 4. The SMILES string of the molecule is CNC(c1cc(C)c(Br)s1)c1cc(OC)c(OC)cc1Cl. The molecule has 6 heteroatoms. The number of ether oxygens (including phenoxy) is 2. The van der Waals surface area contributed by atoms with E-state index in [2.05, 4.69) is 34.2 Å². The number of halogens is 2. The smallest absolute Gasteiger partial charge is 0.162 e. The van der Waals surface area contributed by atoms with Gasteiger partial charge in [0.2, 0.25) is 0 Å². The zero-order valence-electron chi connectivity index (χ0n) is 12.3. The van der Waals surface area contributed by atoms with Crippen molar-refractivity contribution in [1.29, 1.82) is 0 Å². The zero-order chi connectivity index (χ0) is 15.6. The van der Waals surface area contributed by atoms with Crippen LogP contribution >= 0.6 is 38.9 Å². The van der Waals surface area contributed by atoms with Gasteiger partial charge in [0.25, 0.3) is 0 Å². The van der Waals surface area contributed by atoms with Gasteiger partial charge in [-0.2, -0.15) is 0 Å². The van der Waals surface area contributed by atoms with Gasteiger partial charge in [0.1, 0.15) is 0 Å². The molecule has 1 N–H and O–H groups in total. The summed E-state index contributed by atoms with van der Waals surface area (Å²) in [5.74, 6) is 1.30. The monoisotopic (exact) mass is 389 g/mol. The van der Waals surface area contributed by atoms with Crippen molar-refractivity contribution >= 4 is 38.9 Å². The van der Waals surface area contributed by atoms with Crippen molar-refractivity contribution in [1.82, 2.24) is 5.32 Å². The molecule has 0 amide bonds. The lowest BCUT2D eigenvalue weighted by molar-refractivity contribution is 0.354. The topological polar surface area (TPSA) is 30.5 Å². The quantitative estimate of drug-likeness (QED) is 0.795. The van der Waals surface area contributed by atoms with Crippen LogP contribution in [0.25, 0.3) is 0 Å². The summed E-state index contributed by atoms with van der Waals surface area (Å²) in [4.78, 5) is 1.19. The molecule has 1 heterocycles. The van der Waals surface area contributed by atoms with E-state index in [1.54, 1.807) is 31.6 Å². The van der Waals surface area contributed by atoms with E-state index in [-0.39, 0.29) is 6.04 Å². The number of methoxy groups -OCH3 is 2. The Balaban J connectivity index is 2.51. The summed E-state index contributed by atoms with van der Waals surface area (Å²) in [6, 6.07) is 5.87. The molecule has 0 saturated carbocycles. The molecule has 0 fully saturated rings. The molecule has 1 atom stereocenters. The molecule has 1 unspecified atom stereocenters. The average Bonchev–Trinajstić information content (AvgIpc) is 2.80. The lowest BCUT2D eigenvalue weighted by atomic mass is 10.0. The molecule has 0 bridgehead atoms. The van der Waals surface area contributed by atoms with Crippen molar-refractivity contribution in [2.45, 2.75) is 13.0 Å². The Morgan fingerprint density at radius 1 is 1.19 bits per heavy atom. The minimum atomic E-state index is 0.00676. The second-order valence-corrected chi connectivity index (χ2v) is 7.36. The lowest BCUT2D eigenvalue weighted by Crippen LogP contribution is -2.17. The van der Waals surface area contributed by atoms with E-state index in [0.717, 1.165) is 9.35 Å². The number of nitrogens with one attached hydrogen (secondary N) is 1. The average molecular weight is 391 g/mol. The maximum Gasteiger partial charge on any atom is 0.162 e. The third-order valence-corrected chi connectivity index (χ3v) is 5.79. The van der Waals surface area contributed by atoms with Crippen molar-refractivity contribution in [3.63, 3.8) is 0 Å². The molecule has 2 rings (SSSR count). The Hall–Kier alpha value is -0.750. The van der Waals surface area contributed by atoms with Crippen LogP contribution in [0.15, 0.2) is 22.0 Å². The lowest BCUT2D eigenvalue weighted by Gasteiger charge is -2.19. The third kappa shape index (κ3) is 3.37. The van der Waals surface area contributed by atoms with Crippen LogP contribution in [0.1, 0.15) is 22.0 Å². The van der Waals surface area contributed by atoms with Crippen molar-refractivity contribution < 1.29 is 9.47 Å². The van der Waals surface area contributed by atoms with E-state index in [4.69, 9.17) is 21.1 Å². The van der Waals surface area contributed by atoms with Crippen LogP contribution in [-0.2, 0) is 0 Å². The van der Waals surface area contributed by atoms with Gasteiger partial charge >= 0.3 is 0 Å². The maximum atomic E-state index is 6.42. The molecule has 0 aliphatic rings. The van der Waals surface area contributed by atoms with E-state index in [0.29, 0.717) is 16.5 Å². The van der Waals surface area contributed by atoms with Crippen LogP contribution in [0.4, 0.5) is 0 Å². The predicted molar refractivity (Wildman–Crippen MR) is 92.2 cm³/mol. The van der Waals surface area contributed by atoms with Gasteiger partial charge in [0.15, 0.2) is 11.5 Å². The fourth-order valence-corrected chi connectivity index (χ4v) is 4.13. The summed E-state index contributed by atoms with van der Waals surface area (Å²) in [7, 11) is 5.14. The first-order valence-corrected chi connectivity index (χ1v) is 8.35. The number of aryl methyl sites for hydroxylation is 1. The number of benzene rings is 1. The van der Waals surface area contributed by atoms with Crippen LogP contribution in [0.2, 0.25) is 5.02 Å². The van der Waals surface area contributed by atoms with Crippen molar-refractivity contribution in [2.75, 3.05) is 21.3 Å². The van der Waals surface area contributed by atoms with E-state index < -0.39 is 0 Å². The van der Waals surface area contributed by atoms with Crippen molar-refractivity contribution in [3.8, 4) is 11.5 Å². The first-order chi connectivity index (χ1) is 10.0. The molecular formula is C15H17BrClNO2S. The summed E-state index contributed by atoms with van der Waals surface area (Å²) in [5.41, 5.74) is 2.18. The molecule has 3 nitrogen and oxygen atoms in total. The van der Waals surface area contributed by atoms with Crippen LogP contribution in [0.5, 0.6) is 11.5 Å². The first-order valence-electron chi connectivity index (χ1n) is 6.36. The van der Waals surface area contributed by atoms with Gasteiger partial charge in [-0.15, -0.1) is 11.3 Å². The highest BCUT2D eigenvalue weighted by Crippen LogP contribution is 2.40. The van der Waals surface area contributed by atoms with Gasteiger partial charge in [-0.3, -0.25) is 0 Å². The highest BCUT2D eigenvalue weighted by atomic mass is 79.9. The van der Waals surface area contributed by atoms with E-state index in [1.165, 1.54) is 10.4 Å². The van der Waals surface area contributed by atoms with Gasteiger partial charge in [-0.05, 0) is 53.2 Å². The minimum absolute atomic E-state index is 0.00676. The Kier molecular flexibility index (Phi) is 5.54. The summed E-state index contributed by atoms with van der Waals surface area (Å²) in [6.45, 7) is 2.08. The molecule has 21 heavy (non-hydrogen) atoms. The predicted octanol–water partition coefficient (Wildman–Crippen LogP) is 4.80. The number of rotatable bonds is 5. The highest BCUT2D eigenvalue weighted by molar-refractivity contribution is 9.11. The van der Waals surface area contributed by atoms with Crippen LogP contribution in [0, 0.1) is 6.92 Å². The molecule has 0 radical (unpaired) electrons. The molecule has 0 aliphatic carbocycles. The third-order valence-electron chi connectivity index (χ3n) is 3.26. The van der Waals surface area contributed by atoms with Crippen molar-refractivity contribution in [3.05, 3.63) is 43.0 Å². The van der Waals surface area contributed by atoms with E-state index in [1.807, 2.05) is 13.1 Å². The second-order valence-electron chi connectivity index (χ2n) is 4.56. The number of thiophene rings is 1. The van der Waals surface area contributed by atoms with Gasteiger partial charge in [-0.1, -0.05) is 11.6 Å². The zero-order valence-corrected chi connectivity index (χ0v) is 15.4. The molecule has 0 aliphatic heterocycles. The van der Waals surface area contributed by atoms with Gasteiger partial charge in [-0.25, -0.2) is 0 Å². The normalized spacial score (nSPS) is 12.3. The highest BCUT2D eigenvalue weighted by Gasteiger charge is 2.21. The van der Waals surface area contributed by atoms with Crippen LogP contribution < -0.4 is 14.8 Å². The largest absolute Gasteiger partial charge is 0.493 e. The molecule has 1 aromatic carbocycles. The second kappa shape index (κ2) is 7.01. The van der Waals surface area contributed by atoms with E-state index >= 15 is 0 Å².